The molecule has 1 aromatic carbocycles. The zero-order chi connectivity index (χ0) is 14.9. The molecule has 3 fully saturated rings. The first-order valence-corrected chi connectivity index (χ1v) is 8.90. The molecule has 1 N–H and O–H groups in total. The van der Waals surface area contributed by atoms with E-state index in [1.54, 1.807) is 0 Å². The molecule has 0 spiro atoms. The number of amides is 1. The van der Waals surface area contributed by atoms with Crippen molar-refractivity contribution in [1.29, 1.82) is 0 Å². The van der Waals surface area contributed by atoms with Gasteiger partial charge in [0.25, 0.3) is 0 Å². The van der Waals surface area contributed by atoms with Crippen molar-refractivity contribution >= 4 is 11.6 Å². The number of rotatable bonds is 3. The number of carbonyl (C=O) groups excluding carboxylic acids is 1. The molecule has 4 rings (SSSR count). The third-order valence-corrected chi connectivity index (χ3v) is 5.96. The number of nitrogens with zero attached hydrogens (tertiary/aromatic N) is 1. The van der Waals surface area contributed by atoms with Crippen LogP contribution in [0.2, 0.25) is 0 Å². The van der Waals surface area contributed by atoms with Crippen molar-refractivity contribution in [2.24, 2.45) is 17.8 Å². The maximum atomic E-state index is 12.6. The average molecular weight is 298 g/mol. The van der Waals surface area contributed by atoms with Crippen LogP contribution in [0.3, 0.4) is 0 Å². The van der Waals surface area contributed by atoms with Gasteiger partial charge in [-0.1, -0.05) is 24.6 Å². The molecule has 4 atom stereocenters. The molecule has 118 valence electrons. The summed E-state index contributed by atoms with van der Waals surface area (Å²) in [5.41, 5.74) is 1.28. The molecule has 1 saturated heterocycles. The number of carbonyl (C=O) groups is 1. The summed E-state index contributed by atoms with van der Waals surface area (Å²) >= 11 is 0. The molecule has 1 aliphatic heterocycles. The van der Waals surface area contributed by atoms with Crippen LogP contribution in [-0.4, -0.2) is 25.0 Å². The molecule has 0 aromatic heterocycles. The minimum absolute atomic E-state index is 0.311. The van der Waals surface area contributed by atoms with E-state index >= 15 is 0 Å². The van der Waals surface area contributed by atoms with Crippen molar-refractivity contribution in [2.75, 3.05) is 18.0 Å². The average Bonchev–Trinajstić information content (AvgIpc) is 3.19. The Bertz CT molecular complexity index is 529. The van der Waals surface area contributed by atoms with Gasteiger partial charge in [-0.25, -0.2) is 0 Å². The fourth-order valence-electron chi connectivity index (χ4n) is 4.84. The Hall–Kier alpha value is -1.51. The highest BCUT2D eigenvalue weighted by Crippen LogP contribution is 2.48. The second-order valence-electron chi connectivity index (χ2n) is 7.41. The second-order valence-corrected chi connectivity index (χ2v) is 7.41. The first-order valence-electron chi connectivity index (χ1n) is 8.90. The molecule has 1 heterocycles. The number of nitrogens with one attached hydrogen (secondary N) is 1. The van der Waals surface area contributed by atoms with Crippen molar-refractivity contribution < 1.29 is 4.79 Å². The lowest BCUT2D eigenvalue weighted by Gasteiger charge is -2.35. The van der Waals surface area contributed by atoms with Crippen molar-refractivity contribution in [2.45, 2.75) is 44.6 Å². The van der Waals surface area contributed by atoms with Crippen LogP contribution in [0.1, 0.15) is 38.5 Å². The Morgan fingerprint density at radius 1 is 1.09 bits per heavy atom. The maximum Gasteiger partial charge on any atom is 0.223 e. The Kier molecular flexibility index (Phi) is 3.81. The molecule has 3 aliphatic rings. The zero-order valence-corrected chi connectivity index (χ0v) is 13.2. The smallest absolute Gasteiger partial charge is 0.223 e. The van der Waals surface area contributed by atoms with E-state index in [1.165, 1.54) is 24.9 Å². The van der Waals surface area contributed by atoms with E-state index in [9.17, 15) is 4.79 Å². The first kappa shape index (κ1) is 14.1. The molecule has 1 amide bonds. The molecule has 2 bridgehead atoms. The largest absolute Gasteiger partial charge is 0.369 e. The van der Waals surface area contributed by atoms with E-state index in [-0.39, 0.29) is 0 Å². The van der Waals surface area contributed by atoms with Crippen molar-refractivity contribution in [3.63, 3.8) is 0 Å². The predicted octanol–water partition coefficient (Wildman–Crippen LogP) is 3.21. The van der Waals surface area contributed by atoms with Crippen LogP contribution in [0.5, 0.6) is 0 Å². The molecular weight excluding hydrogens is 272 g/mol. The molecule has 22 heavy (non-hydrogen) atoms. The van der Waals surface area contributed by atoms with E-state index in [4.69, 9.17) is 0 Å². The third-order valence-electron chi connectivity index (χ3n) is 5.96. The summed E-state index contributed by atoms with van der Waals surface area (Å²) in [5.74, 6) is 2.17. The number of benzene rings is 1. The van der Waals surface area contributed by atoms with Gasteiger partial charge in [0.15, 0.2) is 0 Å². The van der Waals surface area contributed by atoms with Crippen LogP contribution in [0.4, 0.5) is 5.69 Å². The van der Waals surface area contributed by atoms with Crippen molar-refractivity contribution in [1.82, 2.24) is 5.32 Å². The van der Waals surface area contributed by atoms with Crippen LogP contribution in [-0.2, 0) is 4.79 Å². The highest BCUT2D eigenvalue weighted by molar-refractivity contribution is 5.80. The van der Waals surface area contributed by atoms with E-state index in [2.05, 4.69) is 40.5 Å². The SMILES string of the molecule is O=C(NC1CCCN(c2ccccc2)C1)C1CC2CCC1C2. The number of hydrogen-bond donors (Lipinski definition) is 1. The molecule has 3 nitrogen and oxygen atoms in total. The van der Waals surface area contributed by atoms with Gasteiger partial charge in [0.05, 0.1) is 0 Å². The van der Waals surface area contributed by atoms with Crippen LogP contribution in [0, 0.1) is 17.8 Å². The summed E-state index contributed by atoms with van der Waals surface area (Å²) in [5, 5.41) is 3.36. The lowest BCUT2D eigenvalue weighted by Crippen LogP contribution is -2.49. The van der Waals surface area contributed by atoms with Crippen LogP contribution in [0.25, 0.3) is 0 Å². The number of fused-ring (bicyclic) bond motifs is 2. The predicted molar refractivity (Wildman–Crippen MR) is 88.8 cm³/mol. The van der Waals surface area contributed by atoms with Crippen LogP contribution < -0.4 is 10.2 Å². The van der Waals surface area contributed by atoms with Gasteiger partial charge in [-0.15, -0.1) is 0 Å². The normalized spacial score (nSPS) is 33.9. The Morgan fingerprint density at radius 2 is 1.95 bits per heavy atom. The molecular formula is C19H26N2O. The fraction of sp³-hybridized carbons (Fsp3) is 0.632. The number of hydrogen-bond acceptors (Lipinski definition) is 2. The van der Waals surface area contributed by atoms with Crippen molar-refractivity contribution in [3.8, 4) is 0 Å². The Labute approximate surface area is 133 Å². The molecule has 2 aliphatic carbocycles. The molecule has 0 radical (unpaired) electrons. The summed E-state index contributed by atoms with van der Waals surface area (Å²) in [4.78, 5) is 15.0. The summed E-state index contributed by atoms with van der Waals surface area (Å²) in [6, 6.07) is 10.9. The van der Waals surface area contributed by atoms with Gasteiger partial charge < -0.3 is 10.2 Å². The summed E-state index contributed by atoms with van der Waals surface area (Å²) < 4.78 is 0. The Balaban J connectivity index is 1.36. The topological polar surface area (TPSA) is 32.3 Å². The number of anilines is 1. The first-order chi connectivity index (χ1) is 10.8. The van der Waals surface area contributed by atoms with E-state index in [0.29, 0.717) is 23.8 Å². The molecule has 2 saturated carbocycles. The molecule has 3 heteroatoms. The zero-order valence-electron chi connectivity index (χ0n) is 13.2. The van der Waals surface area contributed by atoms with E-state index in [1.807, 2.05) is 0 Å². The lowest BCUT2D eigenvalue weighted by molar-refractivity contribution is -0.127. The lowest BCUT2D eigenvalue weighted by atomic mass is 9.88. The van der Waals surface area contributed by atoms with Gasteiger partial charge in [0.1, 0.15) is 0 Å². The van der Waals surface area contributed by atoms with Gasteiger partial charge >= 0.3 is 0 Å². The highest BCUT2D eigenvalue weighted by atomic mass is 16.2. The Morgan fingerprint density at radius 3 is 2.68 bits per heavy atom. The van der Waals surface area contributed by atoms with Gasteiger partial charge in [-0.3, -0.25) is 4.79 Å². The third kappa shape index (κ3) is 2.73. The van der Waals surface area contributed by atoms with E-state index < -0.39 is 0 Å². The van der Waals surface area contributed by atoms with Gasteiger partial charge in [-0.05, 0) is 56.1 Å². The monoisotopic (exact) mass is 298 g/mol. The van der Waals surface area contributed by atoms with Gasteiger partial charge in [-0.2, -0.15) is 0 Å². The summed E-state index contributed by atoms with van der Waals surface area (Å²) in [6.45, 7) is 2.06. The minimum Gasteiger partial charge on any atom is -0.369 e. The number of para-hydroxylation sites is 1. The van der Waals surface area contributed by atoms with E-state index in [0.717, 1.165) is 38.3 Å². The maximum absolute atomic E-state index is 12.6. The quantitative estimate of drug-likeness (QED) is 0.929. The summed E-state index contributed by atoms with van der Waals surface area (Å²) in [6.07, 6.45) is 7.38. The number of piperidine rings is 1. The second kappa shape index (κ2) is 5.94. The molecule has 4 unspecified atom stereocenters. The van der Waals surface area contributed by atoms with Crippen LogP contribution in [0.15, 0.2) is 30.3 Å². The van der Waals surface area contributed by atoms with Crippen molar-refractivity contribution in [3.05, 3.63) is 30.3 Å². The fourth-order valence-corrected chi connectivity index (χ4v) is 4.84. The summed E-state index contributed by atoms with van der Waals surface area (Å²) in [7, 11) is 0. The molecule has 1 aromatic rings. The minimum atomic E-state index is 0.311. The van der Waals surface area contributed by atoms with Gasteiger partial charge in [0.2, 0.25) is 5.91 Å². The van der Waals surface area contributed by atoms with Gasteiger partial charge in [0, 0.05) is 30.7 Å². The highest BCUT2D eigenvalue weighted by Gasteiger charge is 2.43. The van der Waals surface area contributed by atoms with Crippen LogP contribution >= 0.6 is 0 Å². The standard InChI is InChI=1S/C19H26N2O/c22-19(18-12-14-8-9-15(18)11-14)20-16-5-4-10-21(13-16)17-6-2-1-3-7-17/h1-3,6-7,14-16,18H,4-5,8-13H2,(H,20,22).